The van der Waals surface area contributed by atoms with Crippen molar-refractivity contribution in [3.05, 3.63) is 29.8 Å². The van der Waals surface area contributed by atoms with E-state index in [9.17, 15) is 9.59 Å². The van der Waals surface area contributed by atoms with Crippen LogP contribution in [0.1, 0.15) is 30.1 Å². The Morgan fingerprint density at radius 1 is 1.32 bits per heavy atom. The third-order valence-electron chi connectivity index (χ3n) is 3.11. The van der Waals surface area contributed by atoms with Gasteiger partial charge in [0.05, 0.1) is 5.56 Å². The molecule has 102 valence electrons. The van der Waals surface area contributed by atoms with Crippen LogP contribution in [0.4, 0.5) is 0 Å². The van der Waals surface area contributed by atoms with Crippen molar-refractivity contribution in [3.63, 3.8) is 0 Å². The summed E-state index contributed by atoms with van der Waals surface area (Å²) < 4.78 is 5.38. The lowest BCUT2D eigenvalue weighted by Crippen LogP contribution is -2.36. The van der Waals surface area contributed by atoms with Gasteiger partial charge in [-0.05, 0) is 44.0 Å². The van der Waals surface area contributed by atoms with E-state index in [0.717, 1.165) is 12.8 Å². The van der Waals surface area contributed by atoms with Gasteiger partial charge in [0.15, 0.2) is 6.61 Å². The first kappa shape index (κ1) is 13.4. The third kappa shape index (κ3) is 3.47. The van der Waals surface area contributed by atoms with Gasteiger partial charge >= 0.3 is 5.97 Å². The molecule has 0 aromatic heterocycles. The average molecular weight is 263 g/mol. The molecule has 0 radical (unpaired) electrons. The number of likely N-dealkylation sites (N-methyl/N-ethyl adjacent to an activating group) is 1. The fraction of sp³-hybridized carbons (Fsp3) is 0.429. The molecule has 1 fully saturated rings. The third-order valence-corrected chi connectivity index (χ3v) is 3.11. The summed E-state index contributed by atoms with van der Waals surface area (Å²) in [5, 5.41) is 8.76. The van der Waals surface area contributed by atoms with Gasteiger partial charge in [-0.2, -0.15) is 0 Å². The molecule has 1 aromatic carbocycles. The van der Waals surface area contributed by atoms with E-state index in [1.807, 2.05) is 11.8 Å². The fourth-order valence-corrected chi connectivity index (χ4v) is 1.95. The van der Waals surface area contributed by atoms with Gasteiger partial charge < -0.3 is 14.7 Å². The highest BCUT2D eigenvalue weighted by atomic mass is 16.5. The van der Waals surface area contributed by atoms with Crippen LogP contribution in [0.3, 0.4) is 0 Å². The number of amides is 1. The second-order valence-corrected chi connectivity index (χ2v) is 4.53. The zero-order chi connectivity index (χ0) is 13.8. The highest BCUT2D eigenvalue weighted by Gasteiger charge is 2.31. The van der Waals surface area contributed by atoms with Gasteiger partial charge in [0.1, 0.15) is 5.75 Å². The average Bonchev–Trinajstić information content (AvgIpc) is 3.22. The van der Waals surface area contributed by atoms with Crippen molar-refractivity contribution in [2.24, 2.45) is 0 Å². The Morgan fingerprint density at radius 3 is 2.42 bits per heavy atom. The number of carboxylic acid groups (broad SMARTS) is 1. The van der Waals surface area contributed by atoms with E-state index in [2.05, 4.69) is 0 Å². The standard InChI is InChI=1S/C14H17NO4/c1-2-15(11-5-6-11)13(16)9-19-12-7-3-10(4-8-12)14(17)18/h3-4,7-8,11H,2,5-6,9H2,1H3,(H,17,18). The van der Waals surface area contributed by atoms with Crippen LogP contribution in [0.15, 0.2) is 24.3 Å². The second kappa shape index (κ2) is 5.73. The lowest BCUT2D eigenvalue weighted by Gasteiger charge is -2.20. The summed E-state index contributed by atoms with van der Waals surface area (Å²) in [4.78, 5) is 24.4. The molecule has 0 unspecified atom stereocenters. The number of benzene rings is 1. The van der Waals surface area contributed by atoms with Gasteiger partial charge in [-0.3, -0.25) is 4.79 Å². The first-order valence-electron chi connectivity index (χ1n) is 6.37. The number of ether oxygens (including phenoxy) is 1. The molecule has 0 bridgehead atoms. The van der Waals surface area contributed by atoms with Gasteiger partial charge in [-0.15, -0.1) is 0 Å². The topological polar surface area (TPSA) is 66.8 Å². The Kier molecular flexibility index (Phi) is 4.04. The first-order valence-corrected chi connectivity index (χ1v) is 6.37. The van der Waals surface area contributed by atoms with E-state index >= 15 is 0 Å². The number of aromatic carboxylic acids is 1. The molecule has 0 saturated heterocycles. The highest BCUT2D eigenvalue weighted by molar-refractivity contribution is 5.87. The monoisotopic (exact) mass is 263 g/mol. The molecular weight excluding hydrogens is 246 g/mol. The molecule has 1 aromatic rings. The lowest BCUT2D eigenvalue weighted by molar-refractivity contribution is -0.133. The van der Waals surface area contributed by atoms with Crippen LogP contribution in [-0.2, 0) is 4.79 Å². The maximum Gasteiger partial charge on any atom is 0.335 e. The van der Waals surface area contributed by atoms with Crippen LogP contribution in [0, 0.1) is 0 Å². The smallest absolute Gasteiger partial charge is 0.335 e. The zero-order valence-corrected chi connectivity index (χ0v) is 10.8. The molecule has 1 N–H and O–H groups in total. The Morgan fingerprint density at radius 2 is 1.95 bits per heavy atom. The van der Waals surface area contributed by atoms with E-state index in [1.165, 1.54) is 12.1 Å². The van der Waals surface area contributed by atoms with Gasteiger partial charge in [0.25, 0.3) is 5.91 Å². The number of carbonyl (C=O) groups excluding carboxylic acids is 1. The van der Waals surface area contributed by atoms with Crippen LogP contribution in [0.25, 0.3) is 0 Å². The van der Waals surface area contributed by atoms with Crippen molar-refractivity contribution in [1.82, 2.24) is 4.90 Å². The molecule has 0 atom stereocenters. The second-order valence-electron chi connectivity index (χ2n) is 4.53. The summed E-state index contributed by atoms with van der Waals surface area (Å²) in [6, 6.07) is 6.42. The van der Waals surface area contributed by atoms with E-state index in [4.69, 9.17) is 9.84 Å². The van der Waals surface area contributed by atoms with Crippen molar-refractivity contribution in [1.29, 1.82) is 0 Å². The Labute approximate surface area is 111 Å². The molecule has 0 aliphatic heterocycles. The van der Waals surface area contributed by atoms with Crippen molar-refractivity contribution < 1.29 is 19.4 Å². The number of hydrogen-bond donors (Lipinski definition) is 1. The van der Waals surface area contributed by atoms with Crippen LogP contribution < -0.4 is 4.74 Å². The molecule has 1 aliphatic carbocycles. The predicted octanol–water partition coefficient (Wildman–Crippen LogP) is 1.77. The number of hydrogen-bond acceptors (Lipinski definition) is 3. The van der Waals surface area contributed by atoms with E-state index < -0.39 is 5.97 Å². The minimum absolute atomic E-state index is 0.00322. The maximum absolute atomic E-state index is 11.9. The summed E-state index contributed by atoms with van der Waals surface area (Å²) in [5.74, 6) is -0.494. The molecular formula is C14H17NO4. The van der Waals surface area contributed by atoms with Crippen molar-refractivity contribution in [2.75, 3.05) is 13.2 Å². The normalized spacial score (nSPS) is 13.9. The molecule has 19 heavy (non-hydrogen) atoms. The number of rotatable bonds is 6. The van der Waals surface area contributed by atoms with Gasteiger partial charge in [-0.25, -0.2) is 4.79 Å². The molecule has 5 heteroatoms. The van der Waals surface area contributed by atoms with Gasteiger partial charge in [-0.1, -0.05) is 0 Å². The lowest BCUT2D eigenvalue weighted by atomic mass is 10.2. The SMILES string of the molecule is CCN(C(=O)COc1ccc(C(=O)O)cc1)C1CC1. The Balaban J connectivity index is 1.87. The molecule has 0 heterocycles. The van der Waals surface area contributed by atoms with Gasteiger partial charge in [0, 0.05) is 12.6 Å². The minimum Gasteiger partial charge on any atom is -0.484 e. The number of nitrogens with zero attached hydrogens (tertiary/aromatic N) is 1. The Hall–Kier alpha value is -2.04. The van der Waals surface area contributed by atoms with E-state index in [0.29, 0.717) is 18.3 Å². The minimum atomic E-state index is -0.978. The molecule has 2 rings (SSSR count). The molecule has 0 spiro atoms. The van der Waals surface area contributed by atoms with E-state index in [1.54, 1.807) is 12.1 Å². The molecule has 1 aliphatic rings. The van der Waals surface area contributed by atoms with Crippen molar-refractivity contribution >= 4 is 11.9 Å². The predicted molar refractivity (Wildman–Crippen MR) is 69.3 cm³/mol. The first-order chi connectivity index (χ1) is 9.11. The van der Waals surface area contributed by atoms with Crippen LogP contribution in [0.5, 0.6) is 5.75 Å². The number of carboxylic acids is 1. The Bertz CT molecular complexity index is 465. The largest absolute Gasteiger partial charge is 0.484 e. The number of carbonyl (C=O) groups is 2. The van der Waals surface area contributed by atoms with Crippen LogP contribution in [-0.4, -0.2) is 41.1 Å². The highest BCUT2D eigenvalue weighted by Crippen LogP contribution is 2.26. The quantitative estimate of drug-likeness (QED) is 0.849. The summed E-state index contributed by atoms with van der Waals surface area (Å²) in [6.45, 7) is 2.65. The fourth-order valence-electron chi connectivity index (χ4n) is 1.95. The molecule has 1 amide bonds. The maximum atomic E-state index is 11.9. The zero-order valence-electron chi connectivity index (χ0n) is 10.8. The van der Waals surface area contributed by atoms with E-state index in [-0.39, 0.29) is 18.1 Å². The van der Waals surface area contributed by atoms with Crippen LogP contribution in [0.2, 0.25) is 0 Å². The summed E-state index contributed by atoms with van der Waals surface area (Å²) >= 11 is 0. The molecule has 5 nitrogen and oxygen atoms in total. The van der Waals surface area contributed by atoms with Crippen LogP contribution >= 0.6 is 0 Å². The van der Waals surface area contributed by atoms with Gasteiger partial charge in [0.2, 0.25) is 0 Å². The summed E-state index contributed by atoms with van der Waals surface area (Å²) in [7, 11) is 0. The molecule has 1 saturated carbocycles. The van der Waals surface area contributed by atoms with Crippen molar-refractivity contribution in [3.8, 4) is 5.75 Å². The summed E-state index contributed by atoms with van der Waals surface area (Å²) in [6.07, 6.45) is 2.15. The summed E-state index contributed by atoms with van der Waals surface area (Å²) in [5.41, 5.74) is 0.201. The van der Waals surface area contributed by atoms with Crippen molar-refractivity contribution in [2.45, 2.75) is 25.8 Å².